The first-order valence-electron chi connectivity index (χ1n) is 8.66. The normalized spacial score (nSPS) is 13.4. The van der Waals surface area contributed by atoms with Crippen molar-refractivity contribution >= 4 is 17.5 Å². The molecule has 1 aliphatic heterocycles. The Morgan fingerprint density at radius 2 is 1.96 bits per heavy atom. The molecule has 1 N–H and O–H groups in total. The highest BCUT2D eigenvalue weighted by atomic mass is 16.2. The van der Waals surface area contributed by atoms with Gasteiger partial charge in [-0.3, -0.25) is 0 Å². The second-order valence-corrected chi connectivity index (χ2v) is 6.57. The predicted octanol–water partition coefficient (Wildman–Crippen LogP) is 3.00. The van der Waals surface area contributed by atoms with Gasteiger partial charge in [0, 0.05) is 38.3 Å². The van der Waals surface area contributed by atoms with Crippen molar-refractivity contribution in [3.05, 3.63) is 46.9 Å². The Bertz CT molecular complexity index is 770. The lowest BCUT2D eigenvalue weighted by Gasteiger charge is -2.31. The van der Waals surface area contributed by atoms with Gasteiger partial charge in [0.1, 0.15) is 11.6 Å². The van der Waals surface area contributed by atoms with E-state index in [1.165, 1.54) is 5.56 Å². The van der Waals surface area contributed by atoms with E-state index >= 15 is 0 Å². The van der Waals surface area contributed by atoms with Crippen LogP contribution in [0, 0.1) is 6.92 Å². The highest BCUT2D eigenvalue weighted by Crippen LogP contribution is 2.26. The van der Waals surface area contributed by atoms with Gasteiger partial charge in [-0.05, 0) is 31.0 Å². The maximum atomic E-state index is 12.6. The summed E-state index contributed by atoms with van der Waals surface area (Å²) in [7, 11) is 3.94. The lowest BCUT2D eigenvalue weighted by molar-refractivity contribution is 0.206. The van der Waals surface area contributed by atoms with Crippen molar-refractivity contribution in [1.82, 2.24) is 14.9 Å². The van der Waals surface area contributed by atoms with Gasteiger partial charge in [0.15, 0.2) is 0 Å². The summed E-state index contributed by atoms with van der Waals surface area (Å²) >= 11 is 0. The fourth-order valence-corrected chi connectivity index (χ4v) is 3.09. The Morgan fingerprint density at radius 1 is 1.24 bits per heavy atom. The van der Waals surface area contributed by atoms with E-state index in [0.717, 1.165) is 41.4 Å². The molecule has 0 unspecified atom stereocenters. The standard InChI is InChI=1S/C19H25N5O/c1-5-14-6-8-15(9-7-14)22-19(25)24-11-10-17-16(12-24)18(23(3)4)21-13(2)20-17/h6-9H,5,10-12H2,1-4H3,(H,22,25). The molecule has 1 aliphatic rings. The minimum absolute atomic E-state index is 0.0832. The second-order valence-electron chi connectivity index (χ2n) is 6.57. The smallest absolute Gasteiger partial charge is 0.322 e. The highest BCUT2D eigenvalue weighted by Gasteiger charge is 2.25. The van der Waals surface area contributed by atoms with Gasteiger partial charge < -0.3 is 15.1 Å². The molecule has 0 spiro atoms. The minimum atomic E-state index is -0.0832. The van der Waals surface area contributed by atoms with Gasteiger partial charge in [0.25, 0.3) is 0 Å². The number of fused-ring (bicyclic) bond motifs is 1. The monoisotopic (exact) mass is 339 g/mol. The lowest BCUT2D eigenvalue weighted by Crippen LogP contribution is -2.40. The number of hydrogen-bond acceptors (Lipinski definition) is 4. The summed E-state index contributed by atoms with van der Waals surface area (Å²) in [5.74, 6) is 1.67. The molecule has 1 aromatic heterocycles. The van der Waals surface area contributed by atoms with E-state index < -0.39 is 0 Å². The van der Waals surface area contributed by atoms with Gasteiger partial charge in [0.2, 0.25) is 0 Å². The van der Waals surface area contributed by atoms with Crippen LogP contribution in [-0.2, 0) is 19.4 Å². The molecule has 0 bridgehead atoms. The highest BCUT2D eigenvalue weighted by molar-refractivity contribution is 5.89. The Hall–Kier alpha value is -2.63. The molecule has 0 atom stereocenters. The summed E-state index contributed by atoms with van der Waals surface area (Å²) in [6, 6.07) is 7.91. The quantitative estimate of drug-likeness (QED) is 0.934. The number of anilines is 2. The SMILES string of the molecule is CCc1ccc(NC(=O)N2CCc3nc(C)nc(N(C)C)c3C2)cc1. The molecule has 0 saturated carbocycles. The summed E-state index contributed by atoms with van der Waals surface area (Å²) in [4.78, 5) is 25.5. The Kier molecular flexibility index (Phi) is 4.88. The van der Waals surface area contributed by atoms with E-state index in [0.29, 0.717) is 13.1 Å². The van der Waals surface area contributed by atoms with E-state index in [9.17, 15) is 4.79 Å². The van der Waals surface area contributed by atoms with Gasteiger partial charge in [-0.2, -0.15) is 0 Å². The summed E-state index contributed by atoms with van der Waals surface area (Å²) in [5, 5.41) is 2.99. The zero-order valence-electron chi connectivity index (χ0n) is 15.3. The molecule has 1 aromatic carbocycles. The number of rotatable bonds is 3. The van der Waals surface area contributed by atoms with E-state index in [1.807, 2.05) is 55.1 Å². The van der Waals surface area contributed by atoms with Crippen molar-refractivity contribution in [3.63, 3.8) is 0 Å². The number of benzene rings is 1. The Morgan fingerprint density at radius 3 is 2.60 bits per heavy atom. The van der Waals surface area contributed by atoms with Crippen LogP contribution in [0.4, 0.5) is 16.3 Å². The summed E-state index contributed by atoms with van der Waals surface area (Å²) < 4.78 is 0. The van der Waals surface area contributed by atoms with Crippen LogP contribution in [0.3, 0.4) is 0 Å². The molecule has 6 nitrogen and oxygen atoms in total. The van der Waals surface area contributed by atoms with Crippen molar-refractivity contribution in [1.29, 1.82) is 0 Å². The second kappa shape index (κ2) is 7.09. The Labute approximate surface area is 148 Å². The number of nitrogens with one attached hydrogen (secondary N) is 1. The molecule has 0 radical (unpaired) electrons. The number of amides is 2. The van der Waals surface area contributed by atoms with Gasteiger partial charge in [-0.25, -0.2) is 14.8 Å². The molecular weight excluding hydrogens is 314 g/mol. The van der Waals surface area contributed by atoms with Crippen LogP contribution >= 0.6 is 0 Å². The van der Waals surface area contributed by atoms with E-state index in [1.54, 1.807) is 0 Å². The molecule has 25 heavy (non-hydrogen) atoms. The fraction of sp³-hybridized carbons (Fsp3) is 0.421. The molecular formula is C19H25N5O. The average molecular weight is 339 g/mol. The average Bonchev–Trinajstić information content (AvgIpc) is 2.61. The predicted molar refractivity (Wildman–Crippen MR) is 100 cm³/mol. The third-order valence-electron chi connectivity index (χ3n) is 4.47. The molecule has 2 amide bonds. The van der Waals surface area contributed by atoms with Crippen LogP contribution in [-0.4, -0.2) is 41.5 Å². The topological polar surface area (TPSA) is 61.4 Å². The molecule has 2 aromatic rings. The third-order valence-corrected chi connectivity index (χ3v) is 4.47. The van der Waals surface area contributed by atoms with E-state index in [2.05, 4.69) is 22.2 Å². The molecule has 0 saturated heterocycles. The molecule has 6 heteroatoms. The van der Waals surface area contributed by atoms with Crippen molar-refractivity contribution in [2.45, 2.75) is 33.2 Å². The van der Waals surface area contributed by atoms with Gasteiger partial charge in [0.05, 0.1) is 12.2 Å². The number of hydrogen-bond donors (Lipinski definition) is 1. The first kappa shape index (κ1) is 17.2. The van der Waals surface area contributed by atoms with Gasteiger partial charge in [-0.15, -0.1) is 0 Å². The van der Waals surface area contributed by atoms with Crippen LogP contribution in [0.15, 0.2) is 24.3 Å². The minimum Gasteiger partial charge on any atom is -0.362 e. The maximum Gasteiger partial charge on any atom is 0.322 e. The zero-order valence-corrected chi connectivity index (χ0v) is 15.3. The molecule has 0 aliphatic carbocycles. The first-order valence-corrected chi connectivity index (χ1v) is 8.66. The molecule has 3 rings (SSSR count). The number of carbonyl (C=O) groups excluding carboxylic acids is 1. The first-order chi connectivity index (χ1) is 12.0. The number of carbonyl (C=O) groups is 1. The van der Waals surface area contributed by atoms with Crippen molar-refractivity contribution in [3.8, 4) is 0 Å². The van der Waals surface area contributed by atoms with E-state index in [-0.39, 0.29) is 6.03 Å². The largest absolute Gasteiger partial charge is 0.362 e. The third kappa shape index (κ3) is 3.73. The van der Waals surface area contributed by atoms with Crippen LogP contribution < -0.4 is 10.2 Å². The van der Waals surface area contributed by atoms with Gasteiger partial charge in [-0.1, -0.05) is 19.1 Å². The van der Waals surface area contributed by atoms with Crippen LogP contribution in [0.25, 0.3) is 0 Å². The summed E-state index contributed by atoms with van der Waals surface area (Å²) in [6.07, 6.45) is 1.74. The Balaban J connectivity index is 1.76. The lowest BCUT2D eigenvalue weighted by atomic mass is 10.1. The fourth-order valence-electron chi connectivity index (χ4n) is 3.09. The molecule has 2 heterocycles. The summed E-state index contributed by atoms with van der Waals surface area (Å²) in [5.41, 5.74) is 4.17. The number of urea groups is 1. The van der Waals surface area contributed by atoms with E-state index in [4.69, 9.17) is 0 Å². The van der Waals surface area contributed by atoms with Crippen molar-refractivity contribution < 1.29 is 4.79 Å². The van der Waals surface area contributed by atoms with Crippen LogP contribution in [0.2, 0.25) is 0 Å². The maximum absolute atomic E-state index is 12.6. The van der Waals surface area contributed by atoms with Crippen LogP contribution in [0.5, 0.6) is 0 Å². The van der Waals surface area contributed by atoms with Crippen LogP contribution in [0.1, 0.15) is 29.6 Å². The van der Waals surface area contributed by atoms with Crippen molar-refractivity contribution in [2.24, 2.45) is 0 Å². The number of aryl methyl sites for hydroxylation is 2. The number of nitrogens with zero attached hydrogens (tertiary/aromatic N) is 4. The van der Waals surface area contributed by atoms with Gasteiger partial charge >= 0.3 is 6.03 Å². The molecule has 132 valence electrons. The van der Waals surface area contributed by atoms with Crippen molar-refractivity contribution in [2.75, 3.05) is 30.9 Å². The summed E-state index contributed by atoms with van der Waals surface area (Å²) in [6.45, 7) is 5.22. The molecule has 0 fully saturated rings. The number of aromatic nitrogens is 2. The zero-order chi connectivity index (χ0) is 18.0.